The predicted octanol–water partition coefficient (Wildman–Crippen LogP) is 10.3. The van der Waals surface area contributed by atoms with E-state index in [0.29, 0.717) is 11.8 Å². The highest BCUT2D eigenvalue weighted by molar-refractivity contribution is 5.80. The second-order valence-corrected chi connectivity index (χ2v) is 14.3. The van der Waals surface area contributed by atoms with Crippen molar-refractivity contribution in [3.8, 4) is 11.1 Å². The zero-order valence-corrected chi connectivity index (χ0v) is 24.3. The van der Waals surface area contributed by atoms with Gasteiger partial charge in [0.2, 0.25) is 0 Å². The van der Waals surface area contributed by atoms with Crippen LogP contribution in [-0.4, -0.2) is 0 Å². The second-order valence-electron chi connectivity index (χ2n) is 14.3. The summed E-state index contributed by atoms with van der Waals surface area (Å²) in [5, 5.41) is 0. The molecule has 2 aliphatic carbocycles. The molecule has 0 fully saturated rings. The van der Waals surface area contributed by atoms with Crippen LogP contribution in [0.3, 0.4) is 0 Å². The monoisotopic (exact) mass is 468 g/mol. The van der Waals surface area contributed by atoms with Gasteiger partial charge in [0.05, 0.1) is 0 Å². The minimum atomic E-state index is 0.128. The molecule has 2 aliphatic rings. The summed E-state index contributed by atoms with van der Waals surface area (Å²) in [5.41, 5.74) is 14.2. The highest BCUT2D eigenvalue weighted by Gasteiger charge is 2.32. The Kier molecular flexibility index (Phi) is 6.53. The van der Waals surface area contributed by atoms with E-state index in [1.54, 1.807) is 16.7 Å². The fraction of sp³-hybridized carbons (Fsp3) is 0.543. The molecular weight excluding hydrogens is 420 g/mol. The molecule has 0 heterocycles. The van der Waals surface area contributed by atoms with E-state index in [1.807, 2.05) is 0 Å². The van der Waals surface area contributed by atoms with Crippen molar-refractivity contribution in [1.29, 1.82) is 0 Å². The van der Waals surface area contributed by atoms with Crippen molar-refractivity contribution in [2.45, 2.75) is 112 Å². The topological polar surface area (TPSA) is 0 Å². The van der Waals surface area contributed by atoms with Gasteiger partial charge in [0.25, 0.3) is 0 Å². The van der Waals surface area contributed by atoms with Crippen molar-refractivity contribution in [3.05, 3.63) is 81.4 Å². The quantitative estimate of drug-likeness (QED) is 0.357. The molecule has 0 aromatic heterocycles. The van der Waals surface area contributed by atoms with Crippen LogP contribution >= 0.6 is 0 Å². The van der Waals surface area contributed by atoms with Gasteiger partial charge >= 0.3 is 0 Å². The molecule has 0 aliphatic heterocycles. The number of hydrogen-bond donors (Lipinski definition) is 0. The van der Waals surface area contributed by atoms with Crippen molar-refractivity contribution in [3.63, 3.8) is 0 Å². The van der Waals surface area contributed by atoms with Gasteiger partial charge in [0.1, 0.15) is 0 Å². The molecular formula is C35H48. The van der Waals surface area contributed by atoms with Crippen molar-refractivity contribution in [2.75, 3.05) is 0 Å². The minimum absolute atomic E-state index is 0.128. The number of hydrogen-bond acceptors (Lipinski definition) is 0. The van der Waals surface area contributed by atoms with Gasteiger partial charge in [-0.3, -0.25) is 0 Å². The molecule has 0 N–H and O–H groups in total. The number of rotatable bonds is 4. The van der Waals surface area contributed by atoms with E-state index in [0.717, 1.165) is 12.8 Å². The standard InChI is InChI=1S/C35H48/c1-12-28(22(2)23-13-15-25(17-23)33(3,4)5)31-20-27(35(9,10)11)21-32-29-19-26(34(6,7)8)16-14-24(29)18-30(31)32/h14-17,19-22,28H,12-13,18H2,1-11H3. The molecule has 2 atom stereocenters. The van der Waals surface area contributed by atoms with Crippen LogP contribution in [0.2, 0.25) is 0 Å². The van der Waals surface area contributed by atoms with Crippen LogP contribution in [0.5, 0.6) is 0 Å². The molecule has 188 valence electrons. The SMILES string of the molecule is CCC(c1cc(C(C)(C)C)cc2c1Cc1ccc(C(C)(C)C)cc1-2)C(C)C1=CC(C(C)(C)C)=CC1. The minimum Gasteiger partial charge on any atom is -0.0767 e. The van der Waals surface area contributed by atoms with Crippen molar-refractivity contribution >= 4 is 0 Å². The van der Waals surface area contributed by atoms with E-state index >= 15 is 0 Å². The van der Waals surface area contributed by atoms with Gasteiger partial charge in [-0.2, -0.15) is 0 Å². The maximum atomic E-state index is 2.58. The molecule has 0 saturated heterocycles. The Hall–Kier alpha value is -2.08. The lowest BCUT2D eigenvalue weighted by Crippen LogP contribution is -2.17. The maximum Gasteiger partial charge on any atom is -0.00106 e. The normalized spacial score (nSPS) is 17.6. The first kappa shape index (κ1) is 26.0. The van der Waals surface area contributed by atoms with Crippen molar-refractivity contribution in [1.82, 2.24) is 0 Å². The van der Waals surface area contributed by atoms with Crippen LogP contribution in [0.25, 0.3) is 11.1 Å². The first-order valence-corrected chi connectivity index (χ1v) is 13.8. The van der Waals surface area contributed by atoms with E-state index in [1.165, 1.54) is 39.8 Å². The second kappa shape index (κ2) is 8.79. The van der Waals surface area contributed by atoms with Gasteiger partial charge in [0.15, 0.2) is 0 Å². The lowest BCUT2D eigenvalue weighted by Gasteiger charge is -2.30. The summed E-state index contributed by atoms with van der Waals surface area (Å²) < 4.78 is 0. The summed E-state index contributed by atoms with van der Waals surface area (Å²) in [5.74, 6) is 1.09. The van der Waals surface area contributed by atoms with Crippen LogP contribution in [0.15, 0.2) is 53.6 Å². The highest BCUT2D eigenvalue weighted by Crippen LogP contribution is 2.48. The molecule has 0 heteroatoms. The smallest absolute Gasteiger partial charge is 0.00106 e. The largest absolute Gasteiger partial charge is 0.0767 e. The molecule has 0 amide bonds. The molecule has 0 nitrogen and oxygen atoms in total. The summed E-state index contributed by atoms with van der Waals surface area (Å²) in [6.45, 7) is 26.0. The van der Waals surface area contributed by atoms with E-state index in [9.17, 15) is 0 Å². The third-order valence-corrected chi connectivity index (χ3v) is 8.58. The average Bonchev–Trinajstić information content (AvgIpc) is 3.37. The van der Waals surface area contributed by atoms with Gasteiger partial charge in [-0.1, -0.05) is 124 Å². The summed E-state index contributed by atoms with van der Waals surface area (Å²) in [6.07, 6.45) is 8.35. The Morgan fingerprint density at radius 3 is 1.94 bits per heavy atom. The zero-order chi connectivity index (χ0) is 25.9. The third-order valence-electron chi connectivity index (χ3n) is 8.58. The van der Waals surface area contributed by atoms with E-state index < -0.39 is 0 Å². The Morgan fingerprint density at radius 1 is 0.771 bits per heavy atom. The van der Waals surface area contributed by atoms with Crippen LogP contribution in [-0.2, 0) is 17.3 Å². The Balaban J connectivity index is 1.83. The molecule has 2 aromatic carbocycles. The molecule has 0 spiro atoms. The summed E-state index contributed by atoms with van der Waals surface area (Å²) in [6, 6.07) is 12.3. The predicted molar refractivity (Wildman–Crippen MR) is 155 cm³/mol. The van der Waals surface area contributed by atoms with Gasteiger partial charge in [-0.05, 0) is 91.9 Å². The number of benzene rings is 2. The van der Waals surface area contributed by atoms with Crippen LogP contribution in [0.1, 0.15) is 123 Å². The lowest BCUT2D eigenvalue weighted by molar-refractivity contribution is 0.495. The fourth-order valence-corrected chi connectivity index (χ4v) is 6.02. The molecule has 0 radical (unpaired) electrons. The van der Waals surface area contributed by atoms with Crippen molar-refractivity contribution in [2.24, 2.45) is 11.3 Å². The average molecular weight is 469 g/mol. The summed E-state index contributed by atoms with van der Waals surface area (Å²) >= 11 is 0. The number of allylic oxidation sites excluding steroid dienone is 4. The first-order chi connectivity index (χ1) is 16.1. The first-order valence-electron chi connectivity index (χ1n) is 13.8. The maximum absolute atomic E-state index is 2.58. The Morgan fingerprint density at radius 2 is 1.40 bits per heavy atom. The summed E-state index contributed by atoms with van der Waals surface area (Å²) in [7, 11) is 0. The van der Waals surface area contributed by atoms with Gasteiger partial charge in [0, 0.05) is 0 Å². The molecule has 4 rings (SSSR count). The molecule has 35 heavy (non-hydrogen) atoms. The van der Waals surface area contributed by atoms with Crippen molar-refractivity contribution < 1.29 is 0 Å². The number of fused-ring (bicyclic) bond motifs is 3. The van der Waals surface area contributed by atoms with Gasteiger partial charge in [-0.25, -0.2) is 0 Å². The lowest BCUT2D eigenvalue weighted by atomic mass is 9.75. The van der Waals surface area contributed by atoms with Gasteiger partial charge in [-0.15, -0.1) is 0 Å². The van der Waals surface area contributed by atoms with Crippen LogP contribution in [0, 0.1) is 11.3 Å². The van der Waals surface area contributed by atoms with Gasteiger partial charge < -0.3 is 0 Å². The third kappa shape index (κ3) is 4.96. The summed E-state index contributed by atoms with van der Waals surface area (Å²) in [4.78, 5) is 0. The molecule has 2 aromatic rings. The zero-order valence-electron chi connectivity index (χ0n) is 24.3. The molecule has 0 saturated carbocycles. The van der Waals surface area contributed by atoms with Crippen LogP contribution < -0.4 is 0 Å². The highest BCUT2D eigenvalue weighted by atomic mass is 14.4. The Bertz CT molecular complexity index is 1180. The Labute approximate surface area is 215 Å². The van der Waals surface area contributed by atoms with E-state index in [2.05, 4.69) is 119 Å². The molecule has 0 bridgehead atoms. The van der Waals surface area contributed by atoms with E-state index in [4.69, 9.17) is 0 Å². The fourth-order valence-electron chi connectivity index (χ4n) is 6.02. The molecule has 2 unspecified atom stereocenters. The van der Waals surface area contributed by atoms with E-state index in [-0.39, 0.29) is 16.2 Å². The van der Waals surface area contributed by atoms with Crippen LogP contribution in [0.4, 0.5) is 0 Å².